The third kappa shape index (κ3) is 11.4. The van der Waals surface area contributed by atoms with E-state index in [2.05, 4.69) is 5.32 Å². The van der Waals surface area contributed by atoms with E-state index >= 15 is 26.7 Å². The van der Waals surface area contributed by atoms with Crippen LogP contribution in [-0.2, 0) is 46.0 Å². The van der Waals surface area contributed by atoms with Crippen LogP contribution in [-0.4, -0.2) is 70.9 Å². The molecule has 0 spiro atoms. The van der Waals surface area contributed by atoms with Gasteiger partial charge in [0.2, 0.25) is 0 Å². The third-order valence-corrected chi connectivity index (χ3v) is 14.0. The number of aliphatic carboxylic acids is 2. The van der Waals surface area contributed by atoms with Gasteiger partial charge in [0.1, 0.15) is 58.5 Å². The number of amides is 2. The molecule has 0 aliphatic rings. The summed E-state index contributed by atoms with van der Waals surface area (Å²) in [6.45, 7) is 1.09. The van der Waals surface area contributed by atoms with E-state index in [9.17, 15) is 47.0 Å². The predicted molar refractivity (Wildman–Crippen MR) is 291 cm³/mol. The molecule has 13 nitrogen and oxygen atoms in total. The normalized spacial score (nSPS) is 12.5. The molecular formula is C62H46F9N3O10. The molecule has 4 N–H and O–H groups in total. The van der Waals surface area contributed by atoms with Gasteiger partial charge < -0.3 is 39.6 Å². The highest BCUT2D eigenvalue weighted by atomic mass is 19.4. The molecule has 9 rings (SSSR count). The fraction of sp³-hybridized carbons (Fsp3) is 0.177. The van der Waals surface area contributed by atoms with Crippen LogP contribution in [0.1, 0.15) is 49.9 Å². The quantitative estimate of drug-likeness (QED) is 0.0536. The van der Waals surface area contributed by atoms with E-state index in [1.165, 1.54) is 104 Å². The maximum absolute atomic E-state index is 16.8. The maximum atomic E-state index is 16.8. The number of methoxy groups -OCH3 is 1. The molecule has 9 aromatic rings. The molecule has 8 aromatic carbocycles. The van der Waals surface area contributed by atoms with Crippen LogP contribution in [0.3, 0.4) is 0 Å². The van der Waals surface area contributed by atoms with E-state index in [-0.39, 0.29) is 74.0 Å². The molecule has 2 amide bonds. The summed E-state index contributed by atoms with van der Waals surface area (Å²) in [7, 11) is 1.31. The number of nitrogens with zero attached hydrogens (tertiary/aromatic N) is 1. The summed E-state index contributed by atoms with van der Waals surface area (Å²) in [6.07, 6.45) is -5.69. The molecule has 0 saturated carbocycles. The number of carbonyl (C=O) groups is 4. The lowest BCUT2D eigenvalue weighted by molar-refractivity contribution is -0.151. The van der Waals surface area contributed by atoms with Gasteiger partial charge in [-0.25, -0.2) is 27.2 Å². The average molecular weight is 1160 g/mol. The predicted octanol–water partition coefficient (Wildman–Crippen LogP) is 12.2. The first-order chi connectivity index (χ1) is 40.1. The fourth-order valence-corrected chi connectivity index (χ4v) is 10.2. The standard InChI is InChI=1S/C62H46F9N3O10/c1-3-83-31-32-28-48(82-2)50(38-18-8-17-37-36(38)16-9-20-41(37)61(67,68)55(60(80)81)73-57(76)53-44(65)23-11-24-45(53)66)49(29-32)84-27-26-74-47-25-5-4-13-40(47)54(62(69,70)71)51(58(74)77)39-19-7-14-34-33(12-6-15-35(34)39)30-46(59(78)79)72-56(75)52-42(63)21-10-22-43(52)64/h4-25,28-29,46,55H,3,26-27,30-31H2,1-2H3,(H,72,75)(H,73,76)(H,78,79)(H,80,81)/t46-,55+/m0/s1. The summed E-state index contributed by atoms with van der Waals surface area (Å²) >= 11 is 0. The zero-order valence-corrected chi connectivity index (χ0v) is 44.1. The monoisotopic (exact) mass is 1160 g/mol. The van der Waals surface area contributed by atoms with E-state index in [1.54, 1.807) is 18.3 Å². The highest BCUT2D eigenvalue weighted by Gasteiger charge is 2.49. The summed E-state index contributed by atoms with van der Waals surface area (Å²) in [6, 6.07) is 24.4. The van der Waals surface area contributed by atoms with E-state index in [0.29, 0.717) is 17.7 Å². The Labute approximate surface area is 470 Å². The van der Waals surface area contributed by atoms with Crippen molar-refractivity contribution in [2.75, 3.05) is 20.3 Å². The molecule has 0 aliphatic carbocycles. The van der Waals surface area contributed by atoms with Crippen molar-refractivity contribution in [2.45, 2.75) is 50.7 Å². The average Bonchev–Trinajstić information content (AvgIpc) is 2.44. The van der Waals surface area contributed by atoms with E-state index in [4.69, 9.17) is 14.2 Å². The van der Waals surface area contributed by atoms with Gasteiger partial charge in [-0.05, 0) is 93.2 Å². The number of para-hydroxylation sites is 1. The third-order valence-electron chi connectivity index (χ3n) is 14.0. The number of hydrogen-bond donors (Lipinski definition) is 4. The molecule has 0 bridgehead atoms. The molecule has 0 unspecified atom stereocenters. The number of halogens is 9. The summed E-state index contributed by atoms with van der Waals surface area (Å²) in [5.74, 6) is -16.7. The van der Waals surface area contributed by atoms with Gasteiger partial charge in [-0.3, -0.25) is 14.4 Å². The first-order valence-corrected chi connectivity index (χ1v) is 25.6. The van der Waals surface area contributed by atoms with Gasteiger partial charge in [0.15, 0.2) is 6.04 Å². The first kappa shape index (κ1) is 58.9. The van der Waals surface area contributed by atoms with Crippen molar-refractivity contribution in [3.05, 3.63) is 213 Å². The first-order valence-electron chi connectivity index (χ1n) is 25.6. The van der Waals surface area contributed by atoms with Gasteiger partial charge in [-0.1, -0.05) is 103 Å². The van der Waals surface area contributed by atoms with E-state index in [1.807, 2.05) is 0 Å². The zero-order chi connectivity index (χ0) is 60.4. The molecule has 1 heterocycles. The van der Waals surface area contributed by atoms with Crippen LogP contribution in [0.15, 0.2) is 150 Å². The Morgan fingerprint density at radius 1 is 0.607 bits per heavy atom. The number of rotatable bonds is 20. The summed E-state index contributed by atoms with van der Waals surface area (Å²) in [4.78, 5) is 66.2. The molecule has 1 aromatic heterocycles. The van der Waals surface area contributed by atoms with Crippen LogP contribution in [0.25, 0.3) is 54.7 Å². The molecule has 0 fully saturated rings. The summed E-state index contributed by atoms with van der Waals surface area (Å²) < 4.78 is 158. The lowest BCUT2D eigenvalue weighted by Gasteiger charge is -2.26. The number of carbonyl (C=O) groups excluding carboxylic acids is 2. The van der Waals surface area contributed by atoms with Gasteiger partial charge in [0.25, 0.3) is 17.4 Å². The minimum Gasteiger partial charge on any atom is -0.496 e. The Balaban J connectivity index is 1.12. The summed E-state index contributed by atoms with van der Waals surface area (Å²) in [5, 5.41) is 23.6. The minimum absolute atomic E-state index is 0.00253. The lowest BCUT2D eigenvalue weighted by atomic mass is 9.90. The largest absolute Gasteiger partial charge is 0.496 e. The number of pyridine rings is 1. The van der Waals surface area contributed by atoms with Gasteiger partial charge in [-0.2, -0.15) is 22.0 Å². The maximum Gasteiger partial charge on any atom is 0.417 e. The van der Waals surface area contributed by atoms with Crippen molar-refractivity contribution >= 4 is 56.2 Å². The Hall–Kier alpha value is -9.70. The van der Waals surface area contributed by atoms with Crippen LogP contribution in [0.5, 0.6) is 11.5 Å². The second kappa shape index (κ2) is 24.0. The van der Waals surface area contributed by atoms with Crippen molar-refractivity contribution < 1.29 is 83.1 Å². The van der Waals surface area contributed by atoms with E-state index < -0.39 is 130 Å². The number of carboxylic acid groups (broad SMARTS) is 2. The number of alkyl halides is 5. The van der Waals surface area contributed by atoms with Crippen LogP contribution in [0, 0.1) is 23.3 Å². The molecule has 432 valence electrons. The molecule has 2 atom stereocenters. The number of nitrogens with one attached hydrogen (secondary N) is 2. The second-order valence-corrected chi connectivity index (χ2v) is 19.0. The van der Waals surface area contributed by atoms with Gasteiger partial charge in [0.05, 0.1) is 42.5 Å². The second-order valence-electron chi connectivity index (χ2n) is 19.0. The van der Waals surface area contributed by atoms with Crippen LogP contribution in [0.2, 0.25) is 0 Å². The molecule has 22 heteroatoms. The Morgan fingerprint density at radius 3 is 1.73 bits per heavy atom. The minimum atomic E-state index is -5.16. The number of hydrogen-bond acceptors (Lipinski definition) is 8. The SMILES string of the molecule is CCOCc1cc(OC)c(-c2cccc3c(C(F)(F)[C@H](NC(=O)c4c(F)cccc4F)C(=O)O)cccc23)c(OCCn2c(=O)c(-c3cccc4c(C[C@H](NC(=O)c5c(F)cccc5F)C(=O)O)cccc34)c(C(F)(F)F)c3ccccc32)c1. The van der Waals surface area contributed by atoms with Crippen molar-refractivity contribution in [2.24, 2.45) is 0 Å². The number of ether oxygens (including phenoxy) is 3. The van der Waals surface area contributed by atoms with Crippen molar-refractivity contribution in [1.82, 2.24) is 15.2 Å². The zero-order valence-electron chi connectivity index (χ0n) is 44.1. The molecule has 0 aliphatic heterocycles. The number of benzene rings is 8. The van der Waals surface area contributed by atoms with Crippen molar-refractivity contribution in [3.8, 4) is 33.8 Å². The number of carboxylic acids is 2. The molecule has 84 heavy (non-hydrogen) atoms. The highest BCUT2D eigenvalue weighted by molar-refractivity contribution is 6.04. The van der Waals surface area contributed by atoms with Crippen LogP contribution >= 0.6 is 0 Å². The lowest BCUT2D eigenvalue weighted by Crippen LogP contribution is -2.51. The highest BCUT2D eigenvalue weighted by Crippen LogP contribution is 2.47. The van der Waals surface area contributed by atoms with Gasteiger partial charge in [0, 0.05) is 24.0 Å². The van der Waals surface area contributed by atoms with Crippen molar-refractivity contribution in [3.63, 3.8) is 0 Å². The van der Waals surface area contributed by atoms with Gasteiger partial charge >= 0.3 is 24.0 Å². The Kier molecular flexibility index (Phi) is 16.9. The van der Waals surface area contributed by atoms with Gasteiger partial charge in [-0.15, -0.1) is 0 Å². The van der Waals surface area contributed by atoms with Crippen LogP contribution in [0.4, 0.5) is 39.5 Å². The van der Waals surface area contributed by atoms with Crippen LogP contribution < -0.4 is 25.7 Å². The number of aromatic nitrogens is 1. The molecule has 0 saturated heterocycles. The smallest absolute Gasteiger partial charge is 0.417 e. The Bertz CT molecular complexity index is 4110. The fourth-order valence-electron chi connectivity index (χ4n) is 10.2. The Morgan fingerprint density at radius 2 is 1.13 bits per heavy atom. The van der Waals surface area contributed by atoms with E-state index in [0.717, 1.165) is 34.9 Å². The molecular weight excluding hydrogens is 1120 g/mol. The van der Waals surface area contributed by atoms with Crippen molar-refractivity contribution in [1.29, 1.82) is 0 Å². The topological polar surface area (TPSA) is 182 Å². The molecule has 0 radical (unpaired) electrons. The number of fused-ring (bicyclic) bond motifs is 3. The summed E-state index contributed by atoms with van der Waals surface area (Å²) in [5.41, 5.74) is -5.92.